The quantitative estimate of drug-likeness (QED) is 0.455. The van der Waals surface area contributed by atoms with Gasteiger partial charge in [0.2, 0.25) is 0 Å². The second-order valence-corrected chi connectivity index (χ2v) is 5.16. The lowest BCUT2D eigenvalue weighted by Crippen LogP contribution is -2.23. The lowest BCUT2D eigenvalue weighted by atomic mass is 10.3. The minimum absolute atomic E-state index is 0.0392. The Hall–Kier alpha value is -3.77. The molecule has 0 spiro atoms. The molecule has 4 N–H and O–H groups in total. The Morgan fingerprint density at radius 3 is 1.23 bits per heavy atom. The average Bonchev–Trinajstić information content (AvgIpc) is 2.65. The molecule has 4 amide bonds. The van der Waals surface area contributed by atoms with E-state index in [0.29, 0.717) is 0 Å². The monoisotopic (exact) mass is 427 g/mol. The van der Waals surface area contributed by atoms with E-state index < -0.39 is 24.4 Å². The van der Waals surface area contributed by atoms with Crippen molar-refractivity contribution in [1.29, 1.82) is 0 Å². The Balaban J connectivity index is 3.38. The highest BCUT2D eigenvalue weighted by atomic mass is 16.6. The van der Waals surface area contributed by atoms with Crippen molar-refractivity contribution in [2.24, 2.45) is 0 Å². The highest BCUT2D eigenvalue weighted by molar-refractivity contribution is 6.00. The minimum Gasteiger partial charge on any atom is -0.450 e. The van der Waals surface area contributed by atoms with Crippen molar-refractivity contribution in [3.8, 4) is 0 Å². The van der Waals surface area contributed by atoms with Crippen LogP contribution in [0.25, 0.3) is 0 Å². The van der Waals surface area contributed by atoms with Gasteiger partial charge >= 0.3 is 24.4 Å². The maximum absolute atomic E-state index is 11.9. The van der Waals surface area contributed by atoms with Crippen LogP contribution in [0.15, 0.2) is 6.07 Å². The maximum Gasteiger partial charge on any atom is 0.412 e. The summed E-state index contributed by atoms with van der Waals surface area (Å²) in [5, 5.41) is 9.42. The Labute approximate surface area is 172 Å². The number of anilines is 4. The average molecular weight is 427 g/mol. The molecule has 13 nitrogen and oxygen atoms in total. The van der Waals surface area contributed by atoms with Crippen LogP contribution in [0.1, 0.15) is 27.7 Å². The molecule has 1 rings (SSSR count). The molecule has 1 heterocycles. The van der Waals surface area contributed by atoms with E-state index in [4.69, 9.17) is 18.9 Å². The van der Waals surface area contributed by atoms with Crippen molar-refractivity contribution >= 4 is 47.4 Å². The van der Waals surface area contributed by atoms with Gasteiger partial charge in [0.05, 0.1) is 37.8 Å². The minimum atomic E-state index is -0.856. The van der Waals surface area contributed by atoms with Crippen molar-refractivity contribution < 1.29 is 38.1 Å². The predicted octanol–water partition coefficient (Wildman–Crippen LogP) is 3.36. The largest absolute Gasteiger partial charge is 0.450 e. The summed E-state index contributed by atoms with van der Waals surface area (Å²) >= 11 is 0. The van der Waals surface area contributed by atoms with Crippen LogP contribution < -0.4 is 21.3 Å². The van der Waals surface area contributed by atoms with Crippen molar-refractivity contribution in [2.45, 2.75) is 27.7 Å². The molecule has 0 bridgehead atoms. The summed E-state index contributed by atoms with van der Waals surface area (Å²) in [6.45, 7) is 6.78. The first-order valence-electron chi connectivity index (χ1n) is 9.14. The number of pyridine rings is 1. The Morgan fingerprint density at radius 2 is 0.933 bits per heavy atom. The first-order chi connectivity index (χ1) is 14.3. The van der Waals surface area contributed by atoms with Gasteiger partial charge in [-0.25, -0.2) is 24.2 Å². The highest BCUT2D eigenvalue weighted by Gasteiger charge is 2.20. The molecule has 166 valence electrons. The van der Waals surface area contributed by atoms with Gasteiger partial charge in [-0.3, -0.25) is 21.3 Å². The number of rotatable bonds is 8. The third kappa shape index (κ3) is 8.08. The molecule has 13 heteroatoms. The molecule has 1 aromatic rings. The molecule has 30 heavy (non-hydrogen) atoms. The molecule has 0 radical (unpaired) electrons. The second-order valence-electron chi connectivity index (χ2n) is 5.16. The van der Waals surface area contributed by atoms with E-state index >= 15 is 0 Å². The fourth-order valence-corrected chi connectivity index (χ4v) is 1.98. The van der Waals surface area contributed by atoms with E-state index in [-0.39, 0.29) is 49.4 Å². The summed E-state index contributed by atoms with van der Waals surface area (Å²) < 4.78 is 19.2. The summed E-state index contributed by atoms with van der Waals surface area (Å²) in [7, 11) is 0. The molecular weight excluding hydrogens is 402 g/mol. The van der Waals surface area contributed by atoms with E-state index in [1.807, 2.05) is 0 Å². The van der Waals surface area contributed by atoms with Gasteiger partial charge in [0.25, 0.3) is 0 Å². The van der Waals surface area contributed by atoms with Gasteiger partial charge in [0, 0.05) is 0 Å². The number of hydrogen-bond donors (Lipinski definition) is 4. The molecule has 0 aliphatic carbocycles. The van der Waals surface area contributed by atoms with Gasteiger partial charge in [-0.05, 0) is 33.8 Å². The Kier molecular flexibility index (Phi) is 10.2. The van der Waals surface area contributed by atoms with Gasteiger partial charge in [-0.2, -0.15) is 0 Å². The van der Waals surface area contributed by atoms with Crippen LogP contribution in [0.2, 0.25) is 0 Å². The third-order valence-corrected chi connectivity index (χ3v) is 3.04. The molecule has 0 aliphatic rings. The van der Waals surface area contributed by atoms with Crippen molar-refractivity contribution in [2.75, 3.05) is 47.7 Å². The van der Waals surface area contributed by atoms with Crippen LogP contribution in [0, 0.1) is 0 Å². The maximum atomic E-state index is 11.9. The van der Waals surface area contributed by atoms with Crippen LogP contribution >= 0.6 is 0 Å². The van der Waals surface area contributed by atoms with Gasteiger partial charge in [-0.1, -0.05) is 0 Å². The van der Waals surface area contributed by atoms with Gasteiger partial charge in [0.1, 0.15) is 0 Å². The number of carbonyl (C=O) groups excluding carboxylic acids is 4. The lowest BCUT2D eigenvalue weighted by Gasteiger charge is -2.17. The normalized spacial score (nSPS) is 9.73. The molecule has 1 aromatic heterocycles. The summed E-state index contributed by atoms with van der Waals surface area (Å²) in [6.07, 6.45) is -3.38. The lowest BCUT2D eigenvalue weighted by molar-refractivity contribution is 0.166. The summed E-state index contributed by atoms with van der Waals surface area (Å²) in [4.78, 5) is 51.5. The van der Waals surface area contributed by atoms with Crippen LogP contribution in [0.3, 0.4) is 0 Å². The van der Waals surface area contributed by atoms with Gasteiger partial charge < -0.3 is 18.9 Å². The van der Waals surface area contributed by atoms with E-state index in [1.165, 1.54) is 6.07 Å². The summed E-state index contributed by atoms with van der Waals surface area (Å²) in [6, 6.07) is 1.24. The summed E-state index contributed by atoms with van der Waals surface area (Å²) in [5.41, 5.74) is -0.0783. The third-order valence-electron chi connectivity index (χ3n) is 3.04. The van der Waals surface area contributed by atoms with E-state index in [9.17, 15) is 19.2 Å². The number of hydrogen-bond acceptors (Lipinski definition) is 9. The molecule has 0 aromatic carbocycles. The first-order valence-corrected chi connectivity index (χ1v) is 9.14. The molecule has 0 saturated carbocycles. The summed E-state index contributed by atoms with van der Waals surface area (Å²) in [5.74, 6) is -0.356. The van der Waals surface area contributed by atoms with Crippen molar-refractivity contribution in [3.05, 3.63) is 6.07 Å². The topological polar surface area (TPSA) is 166 Å². The zero-order valence-electron chi connectivity index (χ0n) is 17.1. The Bertz CT molecular complexity index is 649. The van der Waals surface area contributed by atoms with Crippen LogP contribution in [-0.4, -0.2) is 55.8 Å². The highest BCUT2D eigenvalue weighted by Crippen LogP contribution is 2.30. The molecule has 0 saturated heterocycles. The molecule has 0 unspecified atom stereocenters. The number of aromatic nitrogens is 1. The molecule has 0 aliphatic heterocycles. The van der Waals surface area contributed by atoms with E-state index in [0.717, 1.165) is 0 Å². The molecular formula is C17H25N5O8. The molecule has 0 fully saturated rings. The van der Waals surface area contributed by atoms with Crippen molar-refractivity contribution in [1.82, 2.24) is 4.98 Å². The van der Waals surface area contributed by atoms with Crippen LogP contribution in [0.5, 0.6) is 0 Å². The zero-order valence-corrected chi connectivity index (χ0v) is 17.1. The van der Waals surface area contributed by atoms with Gasteiger partial charge in [-0.15, -0.1) is 0 Å². The predicted molar refractivity (Wildman–Crippen MR) is 107 cm³/mol. The number of amides is 4. The SMILES string of the molecule is CCOC(=O)Nc1cc(NC(=O)OCC)c(NC(=O)OCC)nc1NC(=O)OCC. The number of ether oxygens (including phenoxy) is 4. The first kappa shape index (κ1) is 24.3. The van der Waals surface area contributed by atoms with Gasteiger partial charge in [0.15, 0.2) is 11.6 Å². The number of nitrogens with zero attached hydrogens (tertiary/aromatic N) is 1. The smallest absolute Gasteiger partial charge is 0.412 e. The van der Waals surface area contributed by atoms with E-state index in [2.05, 4.69) is 26.3 Å². The number of nitrogens with one attached hydrogen (secondary N) is 4. The van der Waals surface area contributed by atoms with Crippen molar-refractivity contribution in [3.63, 3.8) is 0 Å². The Morgan fingerprint density at radius 1 is 0.633 bits per heavy atom. The standard InChI is InChI=1S/C17H25N5O8/c1-5-27-14(23)18-10-9-11(19-15(24)28-6-2)13(22-17(26)30-8-4)20-12(10)21-16(25)29-7-3/h9H,5-8H2,1-4H3,(H,18,23)(H,19,24)(H2,20,21,22,25,26). The van der Waals surface area contributed by atoms with Crippen LogP contribution in [-0.2, 0) is 18.9 Å². The zero-order chi connectivity index (χ0) is 22.5. The van der Waals surface area contributed by atoms with E-state index in [1.54, 1.807) is 27.7 Å². The van der Waals surface area contributed by atoms with Crippen LogP contribution in [0.4, 0.5) is 42.2 Å². The fraction of sp³-hybridized carbons (Fsp3) is 0.471. The fourth-order valence-electron chi connectivity index (χ4n) is 1.98. The second kappa shape index (κ2) is 12.6. The number of carbonyl (C=O) groups is 4. The molecule has 0 atom stereocenters.